The molecule has 0 saturated carbocycles. The van der Waals surface area contributed by atoms with Gasteiger partial charge in [-0.15, -0.1) is 0 Å². The normalized spacial score (nSPS) is 23.3. The van der Waals surface area contributed by atoms with E-state index >= 15 is 0 Å². The first-order valence-corrected chi connectivity index (χ1v) is 6.71. The Morgan fingerprint density at radius 1 is 1.58 bits per heavy atom. The molecule has 1 aliphatic heterocycles. The summed E-state index contributed by atoms with van der Waals surface area (Å²) in [5, 5.41) is 14.6. The summed E-state index contributed by atoms with van der Waals surface area (Å²) in [4.78, 5) is 10.5. The number of nitro benzene ring substituents is 1. The van der Waals surface area contributed by atoms with Crippen LogP contribution in [0.5, 0.6) is 0 Å². The summed E-state index contributed by atoms with van der Waals surface area (Å²) in [6, 6.07) is 4.68. The van der Waals surface area contributed by atoms with Crippen molar-refractivity contribution in [2.24, 2.45) is 5.92 Å². The predicted octanol–water partition coefficient (Wildman–Crippen LogP) is 2.76. The van der Waals surface area contributed by atoms with E-state index < -0.39 is 4.92 Å². The van der Waals surface area contributed by atoms with Gasteiger partial charge < -0.3 is 10.1 Å². The van der Waals surface area contributed by atoms with Gasteiger partial charge in [-0.05, 0) is 24.9 Å². The van der Waals surface area contributed by atoms with Gasteiger partial charge in [0.05, 0.1) is 28.2 Å². The first-order chi connectivity index (χ1) is 9.09. The second-order valence-electron chi connectivity index (χ2n) is 4.81. The van der Waals surface area contributed by atoms with Gasteiger partial charge in [-0.3, -0.25) is 10.1 Å². The third-order valence-electron chi connectivity index (χ3n) is 3.49. The van der Waals surface area contributed by atoms with Gasteiger partial charge in [0, 0.05) is 12.6 Å². The Balaban J connectivity index is 2.08. The number of piperidine rings is 1. The molecule has 2 atom stereocenters. The molecule has 0 amide bonds. The van der Waals surface area contributed by atoms with E-state index in [9.17, 15) is 10.1 Å². The Morgan fingerprint density at radius 3 is 3.05 bits per heavy atom. The van der Waals surface area contributed by atoms with Crippen molar-refractivity contribution in [3.63, 3.8) is 0 Å². The number of nitrogens with one attached hydrogen (secondary N) is 1. The van der Waals surface area contributed by atoms with Crippen molar-refractivity contribution < 1.29 is 9.66 Å². The van der Waals surface area contributed by atoms with E-state index in [1.165, 1.54) is 6.07 Å². The average Bonchev–Trinajstić information content (AvgIpc) is 2.38. The zero-order valence-electron chi connectivity index (χ0n) is 10.8. The van der Waals surface area contributed by atoms with Gasteiger partial charge in [-0.25, -0.2) is 0 Å². The third-order valence-corrected chi connectivity index (χ3v) is 3.84. The molecule has 1 fully saturated rings. The fourth-order valence-corrected chi connectivity index (χ4v) is 2.46. The minimum Gasteiger partial charge on any atom is -0.372 e. The smallest absolute Gasteiger partial charge is 0.276 e. The van der Waals surface area contributed by atoms with Gasteiger partial charge in [-0.2, -0.15) is 0 Å². The van der Waals surface area contributed by atoms with Crippen LogP contribution in [-0.2, 0) is 11.3 Å². The lowest BCUT2D eigenvalue weighted by Gasteiger charge is -2.29. The second kappa shape index (κ2) is 6.32. The van der Waals surface area contributed by atoms with Crippen LogP contribution in [0.2, 0.25) is 5.02 Å². The highest BCUT2D eigenvalue weighted by Crippen LogP contribution is 2.28. The van der Waals surface area contributed by atoms with E-state index in [0.29, 0.717) is 16.5 Å². The maximum absolute atomic E-state index is 11.0. The van der Waals surface area contributed by atoms with E-state index in [0.717, 1.165) is 19.5 Å². The molecule has 2 unspecified atom stereocenters. The van der Waals surface area contributed by atoms with E-state index in [-0.39, 0.29) is 18.4 Å². The quantitative estimate of drug-likeness (QED) is 0.682. The molecule has 6 heteroatoms. The van der Waals surface area contributed by atoms with Crippen LogP contribution in [0.25, 0.3) is 0 Å². The maximum atomic E-state index is 11.0. The molecule has 0 radical (unpaired) electrons. The molecule has 0 spiro atoms. The Morgan fingerprint density at radius 2 is 2.37 bits per heavy atom. The standard InChI is InChI=1S/C13H17ClN2O3/c1-9-5-6-15-7-13(9)19-8-10-11(14)3-2-4-12(10)16(17)18/h2-4,9,13,15H,5-8H2,1H3. The number of rotatable bonds is 4. The van der Waals surface area contributed by atoms with Crippen molar-refractivity contribution in [1.82, 2.24) is 5.32 Å². The maximum Gasteiger partial charge on any atom is 0.276 e. The summed E-state index contributed by atoms with van der Waals surface area (Å²) in [6.07, 6.45) is 1.12. The van der Waals surface area contributed by atoms with Crippen LogP contribution < -0.4 is 5.32 Å². The molecule has 1 N–H and O–H groups in total. The zero-order chi connectivity index (χ0) is 13.8. The molecular weight excluding hydrogens is 268 g/mol. The molecule has 1 aliphatic rings. The van der Waals surface area contributed by atoms with Crippen molar-refractivity contribution in [2.75, 3.05) is 13.1 Å². The highest BCUT2D eigenvalue weighted by molar-refractivity contribution is 6.31. The number of nitro groups is 1. The summed E-state index contributed by atoms with van der Waals surface area (Å²) in [7, 11) is 0. The topological polar surface area (TPSA) is 64.4 Å². The second-order valence-corrected chi connectivity index (χ2v) is 5.22. The van der Waals surface area contributed by atoms with Crippen molar-refractivity contribution in [1.29, 1.82) is 0 Å². The molecule has 0 bridgehead atoms. The minimum absolute atomic E-state index is 0.0175. The number of nitrogens with zero attached hydrogens (tertiary/aromatic N) is 1. The first kappa shape index (κ1) is 14.2. The monoisotopic (exact) mass is 284 g/mol. The van der Waals surface area contributed by atoms with Gasteiger partial charge in [0.1, 0.15) is 0 Å². The fourth-order valence-electron chi connectivity index (χ4n) is 2.24. The molecule has 1 aromatic rings. The molecule has 1 heterocycles. The van der Waals surface area contributed by atoms with Crippen molar-refractivity contribution in [3.05, 3.63) is 38.9 Å². The van der Waals surface area contributed by atoms with E-state index in [1.807, 2.05) is 0 Å². The lowest BCUT2D eigenvalue weighted by molar-refractivity contribution is -0.386. The summed E-state index contributed by atoms with van der Waals surface area (Å²) >= 11 is 6.03. The van der Waals surface area contributed by atoms with E-state index in [2.05, 4.69) is 12.2 Å². The predicted molar refractivity (Wildman–Crippen MR) is 73.3 cm³/mol. The lowest BCUT2D eigenvalue weighted by atomic mass is 9.97. The van der Waals surface area contributed by atoms with Crippen LogP contribution in [0.1, 0.15) is 18.9 Å². The van der Waals surface area contributed by atoms with E-state index in [4.69, 9.17) is 16.3 Å². The summed E-state index contributed by atoms with van der Waals surface area (Å²) in [5.41, 5.74) is 0.468. The van der Waals surface area contributed by atoms with E-state index in [1.54, 1.807) is 12.1 Å². The van der Waals surface area contributed by atoms with Gasteiger partial charge in [0.15, 0.2) is 0 Å². The van der Waals surface area contributed by atoms with Crippen molar-refractivity contribution >= 4 is 17.3 Å². The largest absolute Gasteiger partial charge is 0.372 e. The molecule has 19 heavy (non-hydrogen) atoms. The van der Waals surface area contributed by atoms with Crippen LogP contribution in [-0.4, -0.2) is 24.1 Å². The van der Waals surface area contributed by atoms with Crippen LogP contribution in [0.4, 0.5) is 5.69 Å². The van der Waals surface area contributed by atoms with Crippen LogP contribution >= 0.6 is 11.6 Å². The number of benzene rings is 1. The zero-order valence-corrected chi connectivity index (χ0v) is 11.5. The highest BCUT2D eigenvalue weighted by atomic mass is 35.5. The molecule has 1 saturated heterocycles. The Hall–Kier alpha value is -1.17. The number of ether oxygens (including phenoxy) is 1. The Bertz CT molecular complexity index is 467. The first-order valence-electron chi connectivity index (χ1n) is 6.33. The average molecular weight is 285 g/mol. The van der Waals surface area contributed by atoms with Gasteiger partial charge >= 0.3 is 0 Å². The lowest BCUT2D eigenvalue weighted by Crippen LogP contribution is -2.40. The summed E-state index contributed by atoms with van der Waals surface area (Å²) in [5.74, 6) is 0.447. The molecule has 2 rings (SSSR count). The van der Waals surface area contributed by atoms with Gasteiger partial charge in [0.25, 0.3) is 5.69 Å². The van der Waals surface area contributed by atoms with Crippen LogP contribution in [0, 0.1) is 16.0 Å². The molecule has 104 valence electrons. The Kier molecular flexibility index (Phi) is 4.74. The van der Waals surface area contributed by atoms with Crippen molar-refractivity contribution in [2.45, 2.75) is 26.1 Å². The number of hydrogen-bond acceptors (Lipinski definition) is 4. The summed E-state index contributed by atoms with van der Waals surface area (Å²) in [6.45, 7) is 4.08. The molecule has 0 aliphatic carbocycles. The molecule has 0 aromatic heterocycles. The Labute approximate surface area is 117 Å². The van der Waals surface area contributed by atoms with Crippen LogP contribution in [0.15, 0.2) is 18.2 Å². The van der Waals surface area contributed by atoms with Gasteiger partial charge in [0.2, 0.25) is 0 Å². The van der Waals surface area contributed by atoms with Crippen LogP contribution in [0.3, 0.4) is 0 Å². The summed E-state index contributed by atoms with van der Waals surface area (Å²) < 4.78 is 5.80. The highest BCUT2D eigenvalue weighted by Gasteiger charge is 2.24. The van der Waals surface area contributed by atoms with Gasteiger partial charge in [-0.1, -0.05) is 24.6 Å². The fraction of sp³-hybridized carbons (Fsp3) is 0.538. The number of halogens is 1. The molecule has 1 aromatic carbocycles. The van der Waals surface area contributed by atoms with Crippen molar-refractivity contribution in [3.8, 4) is 0 Å². The number of hydrogen-bond donors (Lipinski definition) is 1. The molecular formula is C13H17ClN2O3. The SMILES string of the molecule is CC1CCNCC1OCc1c(Cl)cccc1[N+](=O)[O-]. The minimum atomic E-state index is -0.423. The third kappa shape index (κ3) is 3.43. The molecule has 5 nitrogen and oxygen atoms in total.